The molecule has 0 aliphatic carbocycles. The van der Waals surface area contributed by atoms with Crippen LogP contribution >= 0.6 is 23.2 Å². The standard InChI is InChI=1S/C10H7Cl2N3O2/c11-5-1-2-6(7(12)3-5)9-8(10(16)15-13)14-4-17-9/h1-4H,13H2,(H,15,16). The first-order valence-corrected chi connectivity index (χ1v) is 5.29. The summed E-state index contributed by atoms with van der Waals surface area (Å²) in [5.41, 5.74) is 2.56. The number of hydrazine groups is 1. The molecule has 88 valence electrons. The predicted octanol–water partition coefficient (Wildman–Crippen LogP) is 2.25. The largest absolute Gasteiger partial charge is 0.443 e. The van der Waals surface area contributed by atoms with Crippen molar-refractivity contribution < 1.29 is 9.21 Å². The Balaban J connectivity index is 2.53. The van der Waals surface area contributed by atoms with Gasteiger partial charge in [0, 0.05) is 10.6 Å². The van der Waals surface area contributed by atoms with Gasteiger partial charge in [-0.25, -0.2) is 10.8 Å². The van der Waals surface area contributed by atoms with Crippen LogP contribution in [0.1, 0.15) is 10.5 Å². The molecule has 0 aliphatic rings. The highest BCUT2D eigenvalue weighted by atomic mass is 35.5. The first kappa shape index (κ1) is 11.9. The van der Waals surface area contributed by atoms with E-state index in [1.165, 1.54) is 0 Å². The maximum atomic E-state index is 11.4. The van der Waals surface area contributed by atoms with E-state index in [1.807, 2.05) is 5.43 Å². The topological polar surface area (TPSA) is 81.1 Å². The van der Waals surface area contributed by atoms with Gasteiger partial charge in [-0.3, -0.25) is 10.2 Å². The molecule has 1 amide bonds. The molecule has 0 fully saturated rings. The van der Waals surface area contributed by atoms with Crippen LogP contribution in [0, 0.1) is 0 Å². The molecule has 1 aromatic heterocycles. The predicted molar refractivity (Wildman–Crippen MR) is 63.6 cm³/mol. The lowest BCUT2D eigenvalue weighted by atomic mass is 10.1. The summed E-state index contributed by atoms with van der Waals surface area (Å²) in [5.74, 6) is 4.73. The van der Waals surface area contributed by atoms with E-state index in [9.17, 15) is 4.79 Å². The number of nitrogens with zero attached hydrogens (tertiary/aromatic N) is 1. The fraction of sp³-hybridized carbons (Fsp3) is 0. The first-order chi connectivity index (χ1) is 8.13. The van der Waals surface area contributed by atoms with Crippen molar-refractivity contribution in [1.29, 1.82) is 0 Å². The lowest BCUT2D eigenvalue weighted by Crippen LogP contribution is -2.30. The molecule has 0 atom stereocenters. The molecule has 0 aliphatic heterocycles. The number of amides is 1. The molecule has 7 heteroatoms. The van der Waals surface area contributed by atoms with E-state index in [2.05, 4.69) is 4.98 Å². The summed E-state index contributed by atoms with van der Waals surface area (Å²) in [7, 11) is 0. The van der Waals surface area contributed by atoms with Gasteiger partial charge in [-0.05, 0) is 18.2 Å². The summed E-state index contributed by atoms with van der Waals surface area (Å²) in [6.07, 6.45) is 1.14. The third-order valence-corrected chi connectivity index (χ3v) is 2.64. The summed E-state index contributed by atoms with van der Waals surface area (Å²) in [4.78, 5) is 15.2. The fourth-order valence-corrected chi connectivity index (χ4v) is 1.84. The van der Waals surface area contributed by atoms with Gasteiger partial charge >= 0.3 is 0 Å². The molecule has 3 N–H and O–H groups in total. The van der Waals surface area contributed by atoms with Crippen molar-refractivity contribution in [2.45, 2.75) is 0 Å². The minimum atomic E-state index is -0.556. The van der Waals surface area contributed by atoms with Gasteiger partial charge in [-0.1, -0.05) is 23.2 Å². The van der Waals surface area contributed by atoms with Crippen molar-refractivity contribution in [3.05, 3.63) is 40.3 Å². The summed E-state index contributed by atoms with van der Waals surface area (Å²) in [5, 5.41) is 0.850. The third-order valence-electron chi connectivity index (χ3n) is 2.09. The molecule has 17 heavy (non-hydrogen) atoms. The van der Waals surface area contributed by atoms with E-state index in [1.54, 1.807) is 18.2 Å². The zero-order valence-corrected chi connectivity index (χ0v) is 9.92. The second-order valence-corrected chi connectivity index (χ2v) is 3.97. The lowest BCUT2D eigenvalue weighted by Gasteiger charge is -2.03. The van der Waals surface area contributed by atoms with Crippen molar-refractivity contribution in [1.82, 2.24) is 10.4 Å². The smallest absolute Gasteiger partial charge is 0.287 e. The average molecular weight is 272 g/mol. The third kappa shape index (κ3) is 2.26. The summed E-state index contributed by atoms with van der Waals surface area (Å²) < 4.78 is 5.14. The summed E-state index contributed by atoms with van der Waals surface area (Å²) in [6.45, 7) is 0. The Bertz CT molecular complexity index is 568. The van der Waals surface area contributed by atoms with Gasteiger partial charge in [0.15, 0.2) is 17.8 Å². The van der Waals surface area contributed by atoms with Crippen molar-refractivity contribution in [2.75, 3.05) is 0 Å². The molecule has 0 radical (unpaired) electrons. The van der Waals surface area contributed by atoms with Crippen molar-refractivity contribution in [3.8, 4) is 11.3 Å². The Morgan fingerprint density at radius 1 is 1.41 bits per heavy atom. The minimum Gasteiger partial charge on any atom is -0.443 e. The second kappa shape index (κ2) is 4.75. The van der Waals surface area contributed by atoms with Gasteiger partial charge in [0.25, 0.3) is 5.91 Å². The van der Waals surface area contributed by atoms with Crippen LogP contribution in [0.5, 0.6) is 0 Å². The number of hydrogen-bond donors (Lipinski definition) is 2. The normalized spacial score (nSPS) is 10.3. The molecule has 0 saturated heterocycles. The molecular formula is C10H7Cl2N3O2. The SMILES string of the molecule is NNC(=O)c1ncoc1-c1ccc(Cl)cc1Cl. The van der Waals surface area contributed by atoms with E-state index in [-0.39, 0.29) is 11.5 Å². The molecule has 0 unspecified atom stereocenters. The van der Waals surface area contributed by atoms with Gasteiger partial charge in [0.05, 0.1) is 5.02 Å². The number of hydrogen-bond acceptors (Lipinski definition) is 4. The average Bonchev–Trinajstić information content (AvgIpc) is 2.77. The van der Waals surface area contributed by atoms with E-state index in [4.69, 9.17) is 33.5 Å². The quantitative estimate of drug-likeness (QED) is 0.499. The van der Waals surface area contributed by atoms with Crippen molar-refractivity contribution in [2.24, 2.45) is 5.84 Å². The zero-order chi connectivity index (χ0) is 12.4. The highest BCUT2D eigenvalue weighted by Crippen LogP contribution is 2.32. The molecule has 0 saturated carbocycles. The van der Waals surface area contributed by atoms with Crippen LogP contribution in [0.15, 0.2) is 29.0 Å². The first-order valence-electron chi connectivity index (χ1n) is 4.53. The molecule has 1 heterocycles. The van der Waals surface area contributed by atoms with Gasteiger partial charge in [-0.15, -0.1) is 0 Å². The molecule has 2 rings (SSSR count). The molecular weight excluding hydrogens is 265 g/mol. The lowest BCUT2D eigenvalue weighted by molar-refractivity contribution is 0.0949. The maximum absolute atomic E-state index is 11.4. The van der Waals surface area contributed by atoms with Crippen LogP contribution in [-0.4, -0.2) is 10.9 Å². The van der Waals surface area contributed by atoms with Crippen LogP contribution < -0.4 is 11.3 Å². The van der Waals surface area contributed by atoms with Crippen molar-refractivity contribution in [3.63, 3.8) is 0 Å². The van der Waals surface area contributed by atoms with Crippen LogP contribution in [0.4, 0.5) is 0 Å². The molecule has 5 nitrogen and oxygen atoms in total. The summed E-state index contributed by atoms with van der Waals surface area (Å²) >= 11 is 11.8. The Kier molecular flexibility index (Phi) is 3.33. The number of oxazole rings is 1. The number of aromatic nitrogens is 1. The Hall–Kier alpha value is -1.56. The number of carbonyl (C=O) groups excluding carboxylic acids is 1. The van der Waals surface area contributed by atoms with Gasteiger partial charge in [0.2, 0.25) is 0 Å². The highest BCUT2D eigenvalue weighted by Gasteiger charge is 2.19. The van der Waals surface area contributed by atoms with Gasteiger partial charge in [-0.2, -0.15) is 0 Å². The maximum Gasteiger partial charge on any atom is 0.287 e. The van der Waals surface area contributed by atoms with Gasteiger partial charge < -0.3 is 4.42 Å². The van der Waals surface area contributed by atoms with Crippen LogP contribution in [0.3, 0.4) is 0 Å². The number of rotatable bonds is 2. The van der Waals surface area contributed by atoms with E-state index >= 15 is 0 Å². The second-order valence-electron chi connectivity index (χ2n) is 3.13. The Labute approximate surface area is 106 Å². The monoisotopic (exact) mass is 271 g/mol. The van der Waals surface area contributed by atoms with Gasteiger partial charge in [0.1, 0.15) is 0 Å². The molecule has 1 aromatic carbocycles. The minimum absolute atomic E-state index is 0.0664. The van der Waals surface area contributed by atoms with Crippen LogP contribution in [0.25, 0.3) is 11.3 Å². The number of nitrogens with one attached hydrogen (secondary N) is 1. The fourth-order valence-electron chi connectivity index (χ4n) is 1.34. The van der Waals surface area contributed by atoms with Crippen molar-refractivity contribution >= 4 is 29.1 Å². The Morgan fingerprint density at radius 2 is 2.18 bits per heavy atom. The number of benzene rings is 1. The Morgan fingerprint density at radius 3 is 2.82 bits per heavy atom. The molecule has 2 aromatic rings. The van der Waals surface area contributed by atoms with Crippen LogP contribution in [0.2, 0.25) is 10.0 Å². The molecule has 0 bridgehead atoms. The van der Waals surface area contributed by atoms with E-state index in [0.29, 0.717) is 15.6 Å². The zero-order valence-electron chi connectivity index (χ0n) is 8.41. The van der Waals surface area contributed by atoms with E-state index < -0.39 is 5.91 Å². The van der Waals surface area contributed by atoms with E-state index in [0.717, 1.165) is 6.39 Å². The number of halogens is 2. The number of nitrogens with two attached hydrogens (primary N) is 1. The molecule has 0 spiro atoms. The number of carbonyl (C=O) groups is 1. The highest BCUT2D eigenvalue weighted by molar-refractivity contribution is 6.36. The number of nitrogen functional groups attached to an aromatic ring is 1. The summed E-state index contributed by atoms with van der Waals surface area (Å²) in [6, 6.07) is 4.82. The van der Waals surface area contributed by atoms with Crippen LogP contribution in [-0.2, 0) is 0 Å².